The van der Waals surface area contributed by atoms with Gasteiger partial charge in [0.15, 0.2) is 0 Å². The maximum Gasteiger partial charge on any atom is 0.251 e. The molecular weight excluding hydrogens is 250 g/mol. The van der Waals surface area contributed by atoms with Crippen LogP contribution < -0.4 is 15.5 Å². The van der Waals surface area contributed by atoms with Gasteiger partial charge in [-0.2, -0.15) is 0 Å². The number of hydrogen-bond acceptors (Lipinski definition) is 3. The number of likely N-dealkylation sites (N-methyl/N-ethyl adjacent to an activating group) is 1. The number of amides is 1. The molecule has 0 spiro atoms. The highest BCUT2D eigenvalue weighted by Crippen LogP contribution is 2.37. The second-order valence-corrected chi connectivity index (χ2v) is 4.95. The van der Waals surface area contributed by atoms with E-state index >= 15 is 0 Å². The van der Waals surface area contributed by atoms with E-state index in [9.17, 15) is 4.79 Å². The Balaban J connectivity index is 2.12. The van der Waals surface area contributed by atoms with Crippen LogP contribution >= 0.6 is 0 Å². The first kappa shape index (κ1) is 12.7. The van der Waals surface area contributed by atoms with E-state index in [1.807, 2.05) is 60.5 Å². The lowest BCUT2D eigenvalue weighted by molar-refractivity contribution is -0.116. The number of carbonyl (C=O) groups excluding carboxylic acids is 1. The van der Waals surface area contributed by atoms with Crippen LogP contribution in [-0.4, -0.2) is 19.5 Å². The zero-order valence-electron chi connectivity index (χ0n) is 11.4. The fraction of sp³-hybridized carbons (Fsp3) is 0.188. The third kappa shape index (κ3) is 2.04. The van der Waals surface area contributed by atoms with Crippen LogP contribution in [0.3, 0.4) is 0 Å². The average Bonchev–Trinajstić information content (AvgIpc) is 2.47. The van der Waals surface area contributed by atoms with E-state index in [0.29, 0.717) is 13.1 Å². The van der Waals surface area contributed by atoms with E-state index in [1.54, 1.807) is 4.90 Å². The molecule has 3 rings (SSSR count). The summed E-state index contributed by atoms with van der Waals surface area (Å²) < 4.78 is 0. The van der Waals surface area contributed by atoms with Gasteiger partial charge < -0.3 is 10.6 Å². The Hall–Kier alpha value is -2.33. The second-order valence-electron chi connectivity index (χ2n) is 4.95. The molecule has 1 aliphatic rings. The minimum atomic E-state index is 0.0698. The topological polar surface area (TPSA) is 49.6 Å². The number of hydrogen-bond donors (Lipinski definition) is 1. The van der Waals surface area contributed by atoms with Gasteiger partial charge in [-0.3, -0.25) is 9.69 Å². The van der Waals surface area contributed by atoms with Gasteiger partial charge in [0.25, 0.3) is 5.91 Å². The molecule has 0 aliphatic carbocycles. The molecule has 20 heavy (non-hydrogen) atoms. The Kier molecular flexibility index (Phi) is 3.16. The molecule has 0 unspecified atom stereocenters. The SMILES string of the molecule is CN1CC(=O)N(c2cccc(CN)c2)c2ccccc21. The van der Waals surface area contributed by atoms with Crippen molar-refractivity contribution in [3.63, 3.8) is 0 Å². The molecule has 0 atom stereocenters. The Morgan fingerprint density at radius 1 is 1.10 bits per heavy atom. The van der Waals surface area contributed by atoms with Crippen LogP contribution in [-0.2, 0) is 11.3 Å². The first-order chi connectivity index (χ1) is 9.70. The van der Waals surface area contributed by atoms with Gasteiger partial charge in [-0.1, -0.05) is 24.3 Å². The van der Waals surface area contributed by atoms with Crippen LogP contribution in [0.1, 0.15) is 5.56 Å². The summed E-state index contributed by atoms with van der Waals surface area (Å²) in [5.41, 5.74) is 9.56. The summed E-state index contributed by atoms with van der Waals surface area (Å²) in [6.07, 6.45) is 0. The van der Waals surface area contributed by atoms with Crippen LogP contribution in [0.25, 0.3) is 0 Å². The number of nitrogens with two attached hydrogens (primary N) is 1. The van der Waals surface area contributed by atoms with Gasteiger partial charge in [0.05, 0.1) is 17.9 Å². The van der Waals surface area contributed by atoms with Gasteiger partial charge in [-0.25, -0.2) is 0 Å². The molecule has 0 bridgehead atoms. The quantitative estimate of drug-likeness (QED) is 0.908. The summed E-state index contributed by atoms with van der Waals surface area (Å²) in [5.74, 6) is 0.0698. The van der Waals surface area contributed by atoms with Crippen molar-refractivity contribution in [2.45, 2.75) is 6.54 Å². The number of fused-ring (bicyclic) bond motifs is 1. The zero-order chi connectivity index (χ0) is 14.1. The lowest BCUT2D eigenvalue weighted by Gasteiger charge is -2.35. The van der Waals surface area contributed by atoms with Gasteiger partial charge in [-0.15, -0.1) is 0 Å². The number of carbonyl (C=O) groups is 1. The van der Waals surface area contributed by atoms with E-state index in [-0.39, 0.29) is 5.91 Å². The van der Waals surface area contributed by atoms with E-state index in [1.165, 1.54) is 0 Å². The van der Waals surface area contributed by atoms with Crippen molar-refractivity contribution in [1.29, 1.82) is 0 Å². The molecule has 0 saturated carbocycles. The molecule has 0 saturated heterocycles. The standard InChI is InChI=1S/C16H17N3O/c1-18-11-16(20)19(15-8-3-2-7-14(15)18)13-6-4-5-12(9-13)10-17/h2-9H,10-11,17H2,1H3. The van der Waals surface area contributed by atoms with Gasteiger partial charge in [0.2, 0.25) is 0 Å². The minimum Gasteiger partial charge on any atom is -0.364 e. The van der Waals surface area contributed by atoms with Crippen LogP contribution in [0.2, 0.25) is 0 Å². The molecule has 1 heterocycles. The summed E-state index contributed by atoms with van der Waals surface area (Å²) in [4.78, 5) is 16.2. The maximum atomic E-state index is 12.4. The molecule has 0 aromatic heterocycles. The van der Waals surface area contributed by atoms with Crippen LogP contribution in [0.15, 0.2) is 48.5 Å². The molecule has 0 radical (unpaired) electrons. The normalized spacial score (nSPS) is 14.4. The smallest absolute Gasteiger partial charge is 0.251 e. The summed E-state index contributed by atoms with van der Waals surface area (Å²) >= 11 is 0. The number of nitrogens with zero attached hydrogens (tertiary/aromatic N) is 2. The van der Waals surface area contributed by atoms with Crippen molar-refractivity contribution in [2.75, 3.05) is 23.4 Å². The van der Waals surface area contributed by atoms with Gasteiger partial charge >= 0.3 is 0 Å². The molecule has 2 aromatic carbocycles. The predicted octanol–water partition coefficient (Wildman–Crippen LogP) is 2.26. The van der Waals surface area contributed by atoms with Gasteiger partial charge in [0.1, 0.15) is 0 Å². The molecule has 102 valence electrons. The van der Waals surface area contributed by atoms with Crippen LogP contribution in [0.5, 0.6) is 0 Å². The summed E-state index contributed by atoms with van der Waals surface area (Å²) in [6.45, 7) is 0.848. The third-order valence-corrected chi connectivity index (χ3v) is 3.56. The summed E-state index contributed by atoms with van der Waals surface area (Å²) in [7, 11) is 1.93. The lowest BCUT2D eigenvalue weighted by Crippen LogP contribution is -2.41. The Morgan fingerprint density at radius 2 is 1.85 bits per heavy atom. The highest BCUT2D eigenvalue weighted by Gasteiger charge is 2.28. The van der Waals surface area contributed by atoms with Crippen molar-refractivity contribution in [3.05, 3.63) is 54.1 Å². The van der Waals surface area contributed by atoms with E-state index in [0.717, 1.165) is 22.6 Å². The van der Waals surface area contributed by atoms with Gasteiger partial charge in [-0.05, 0) is 29.8 Å². The molecule has 1 aliphatic heterocycles. The van der Waals surface area contributed by atoms with Crippen molar-refractivity contribution in [1.82, 2.24) is 0 Å². The fourth-order valence-corrected chi connectivity index (χ4v) is 2.57. The molecule has 4 nitrogen and oxygen atoms in total. The first-order valence-corrected chi connectivity index (χ1v) is 6.63. The van der Waals surface area contributed by atoms with Gasteiger partial charge in [0, 0.05) is 19.3 Å². The molecule has 4 heteroatoms. The number of rotatable bonds is 2. The number of anilines is 3. The second kappa shape index (κ2) is 4.98. The number of para-hydroxylation sites is 2. The Bertz CT molecular complexity index is 654. The molecule has 2 N–H and O–H groups in total. The average molecular weight is 267 g/mol. The van der Waals surface area contributed by atoms with E-state index < -0.39 is 0 Å². The van der Waals surface area contributed by atoms with Crippen molar-refractivity contribution >= 4 is 23.0 Å². The highest BCUT2D eigenvalue weighted by molar-refractivity contribution is 6.08. The van der Waals surface area contributed by atoms with Crippen LogP contribution in [0, 0.1) is 0 Å². The zero-order valence-corrected chi connectivity index (χ0v) is 11.4. The summed E-state index contributed by atoms with van der Waals surface area (Å²) in [5, 5.41) is 0. The molecule has 0 fully saturated rings. The molecular formula is C16H17N3O. The van der Waals surface area contributed by atoms with E-state index in [4.69, 9.17) is 5.73 Å². The van der Waals surface area contributed by atoms with Crippen molar-refractivity contribution in [3.8, 4) is 0 Å². The highest BCUT2D eigenvalue weighted by atomic mass is 16.2. The van der Waals surface area contributed by atoms with Crippen molar-refractivity contribution in [2.24, 2.45) is 5.73 Å². The Labute approximate surface area is 118 Å². The molecule has 1 amide bonds. The Morgan fingerprint density at radius 3 is 2.60 bits per heavy atom. The third-order valence-electron chi connectivity index (χ3n) is 3.56. The summed E-state index contributed by atoms with van der Waals surface area (Å²) in [6, 6.07) is 15.8. The predicted molar refractivity (Wildman–Crippen MR) is 81.2 cm³/mol. The maximum absolute atomic E-state index is 12.4. The lowest BCUT2D eigenvalue weighted by atomic mass is 10.1. The van der Waals surface area contributed by atoms with Crippen molar-refractivity contribution < 1.29 is 4.79 Å². The van der Waals surface area contributed by atoms with E-state index in [2.05, 4.69) is 0 Å². The minimum absolute atomic E-state index is 0.0698. The fourth-order valence-electron chi connectivity index (χ4n) is 2.57. The monoisotopic (exact) mass is 267 g/mol. The first-order valence-electron chi connectivity index (χ1n) is 6.63. The number of benzene rings is 2. The van der Waals surface area contributed by atoms with Crippen LogP contribution in [0.4, 0.5) is 17.1 Å². The largest absolute Gasteiger partial charge is 0.364 e. The molecule has 2 aromatic rings.